The standard InChI is InChI=1S/C22H43NO4/c1-2-3-4-5-6-7-8-9-10-11-12-13-14-15-16-17-18-19-20-21(22(24)25)23(26)27/h21H,2-20H2,1H3,(H,24,25). The Morgan fingerprint density at radius 3 is 1.26 bits per heavy atom. The summed E-state index contributed by atoms with van der Waals surface area (Å²) in [4.78, 5) is 20.6. The monoisotopic (exact) mass is 385 g/mol. The molecule has 0 saturated heterocycles. The topological polar surface area (TPSA) is 80.4 Å². The third-order valence-corrected chi connectivity index (χ3v) is 5.37. The summed E-state index contributed by atoms with van der Waals surface area (Å²) in [6, 6.07) is -1.42. The molecular weight excluding hydrogens is 342 g/mol. The van der Waals surface area contributed by atoms with E-state index in [1.54, 1.807) is 0 Å². The van der Waals surface area contributed by atoms with Gasteiger partial charge >= 0.3 is 12.0 Å². The second-order valence-corrected chi connectivity index (χ2v) is 7.94. The third-order valence-electron chi connectivity index (χ3n) is 5.37. The van der Waals surface area contributed by atoms with Crippen molar-refractivity contribution in [2.45, 2.75) is 135 Å². The number of rotatable bonds is 21. The number of hydrogen-bond donors (Lipinski definition) is 1. The maximum atomic E-state index is 10.7. The zero-order chi connectivity index (χ0) is 20.2. The molecule has 0 rings (SSSR count). The van der Waals surface area contributed by atoms with Crippen LogP contribution in [0.15, 0.2) is 0 Å². The Labute approximate surface area is 166 Å². The van der Waals surface area contributed by atoms with E-state index in [9.17, 15) is 14.9 Å². The SMILES string of the molecule is CCCCCCCCCCCCCCCCCCCCC(C(=O)O)[N+](=O)[O-]. The number of nitrogens with zero attached hydrogens (tertiary/aromatic N) is 1. The lowest BCUT2D eigenvalue weighted by atomic mass is 10.0. The smallest absolute Gasteiger partial charge is 0.379 e. The highest BCUT2D eigenvalue weighted by Gasteiger charge is 2.27. The highest BCUT2D eigenvalue weighted by molar-refractivity contribution is 5.71. The lowest BCUT2D eigenvalue weighted by Crippen LogP contribution is -2.28. The summed E-state index contributed by atoms with van der Waals surface area (Å²) in [6.07, 6.45) is 23.0. The van der Waals surface area contributed by atoms with E-state index in [0.717, 1.165) is 19.3 Å². The van der Waals surface area contributed by atoms with Crippen LogP contribution in [-0.2, 0) is 4.79 Å². The molecule has 0 radical (unpaired) electrons. The van der Waals surface area contributed by atoms with Crippen LogP contribution in [0.2, 0.25) is 0 Å². The maximum Gasteiger partial charge on any atom is 0.379 e. The van der Waals surface area contributed by atoms with Crippen molar-refractivity contribution in [1.82, 2.24) is 0 Å². The molecule has 0 heterocycles. The summed E-state index contributed by atoms with van der Waals surface area (Å²) in [7, 11) is 0. The molecule has 0 bridgehead atoms. The summed E-state index contributed by atoms with van der Waals surface area (Å²) >= 11 is 0. The van der Waals surface area contributed by atoms with Crippen LogP contribution in [0.4, 0.5) is 0 Å². The van der Waals surface area contributed by atoms with E-state index in [4.69, 9.17) is 5.11 Å². The van der Waals surface area contributed by atoms with E-state index in [1.165, 1.54) is 89.9 Å². The molecule has 0 fully saturated rings. The molecule has 0 aliphatic heterocycles. The molecule has 0 aromatic rings. The van der Waals surface area contributed by atoms with Crippen LogP contribution in [-0.4, -0.2) is 22.0 Å². The fourth-order valence-electron chi connectivity index (χ4n) is 3.56. The number of carboxylic acids is 1. The highest BCUT2D eigenvalue weighted by Crippen LogP contribution is 2.15. The first-order valence-electron chi connectivity index (χ1n) is 11.5. The van der Waals surface area contributed by atoms with Crippen LogP contribution in [0.1, 0.15) is 129 Å². The lowest BCUT2D eigenvalue weighted by molar-refractivity contribution is -0.511. The van der Waals surface area contributed by atoms with Gasteiger partial charge in [-0.15, -0.1) is 0 Å². The number of carboxylic acid groups (broad SMARTS) is 1. The van der Waals surface area contributed by atoms with Crippen molar-refractivity contribution >= 4 is 5.97 Å². The Morgan fingerprint density at radius 2 is 1.00 bits per heavy atom. The van der Waals surface area contributed by atoms with Gasteiger partial charge in [0.05, 0.1) is 0 Å². The number of nitro groups is 1. The predicted molar refractivity (Wildman–Crippen MR) is 112 cm³/mol. The van der Waals surface area contributed by atoms with Gasteiger partial charge in [0.1, 0.15) is 0 Å². The van der Waals surface area contributed by atoms with Crippen LogP contribution in [0, 0.1) is 10.1 Å². The molecule has 160 valence electrons. The number of carbonyl (C=O) groups is 1. The molecule has 0 saturated carbocycles. The van der Waals surface area contributed by atoms with Gasteiger partial charge in [0.25, 0.3) is 0 Å². The molecule has 5 nitrogen and oxygen atoms in total. The molecule has 0 amide bonds. The van der Waals surface area contributed by atoms with Gasteiger partial charge in [-0.25, -0.2) is 4.79 Å². The molecule has 0 aromatic carbocycles. The second-order valence-electron chi connectivity index (χ2n) is 7.94. The van der Waals surface area contributed by atoms with Gasteiger partial charge < -0.3 is 5.11 Å². The molecule has 0 spiro atoms. The van der Waals surface area contributed by atoms with E-state index in [1.807, 2.05) is 0 Å². The van der Waals surface area contributed by atoms with Crippen molar-refractivity contribution < 1.29 is 14.8 Å². The van der Waals surface area contributed by atoms with Crippen molar-refractivity contribution in [3.63, 3.8) is 0 Å². The largest absolute Gasteiger partial charge is 0.476 e. The van der Waals surface area contributed by atoms with Crippen molar-refractivity contribution in [3.05, 3.63) is 10.1 Å². The molecule has 1 unspecified atom stereocenters. The Bertz CT molecular complexity index is 346. The van der Waals surface area contributed by atoms with Crippen molar-refractivity contribution in [2.75, 3.05) is 0 Å². The predicted octanol–water partition coefficient (Wildman–Crippen LogP) is 7.15. The van der Waals surface area contributed by atoms with Crippen LogP contribution < -0.4 is 0 Å². The highest BCUT2D eigenvalue weighted by atomic mass is 16.6. The van der Waals surface area contributed by atoms with Gasteiger partial charge in [0, 0.05) is 11.3 Å². The van der Waals surface area contributed by atoms with E-state index >= 15 is 0 Å². The number of unbranched alkanes of at least 4 members (excludes halogenated alkanes) is 17. The van der Waals surface area contributed by atoms with Gasteiger partial charge in [-0.05, 0) is 6.42 Å². The van der Waals surface area contributed by atoms with Gasteiger partial charge in [-0.2, -0.15) is 0 Å². The summed E-state index contributed by atoms with van der Waals surface area (Å²) in [5.74, 6) is -1.31. The molecule has 0 aromatic heterocycles. The summed E-state index contributed by atoms with van der Waals surface area (Å²) in [6.45, 7) is 2.26. The molecule has 0 aliphatic carbocycles. The van der Waals surface area contributed by atoms with E-state index in [0.29, 0.717) is 6.42 Å². The first kappa shape index (κ1) is 25.9. The molecule has 1 N–H and O–H groups in total. The van der Waals surface area contributed by atoms with Crippen LogP contribution in [0.25, 0.3) is 0 Å². The molecule has 0 aliphatic rings. The van der Waals surface area contributed by atoms with Gasteiger partial charge in [0.2, 0.25) is 0 Å². The fourth-order valence-corrected chi connectivity index (χ4v) is 3.56. The van der Waals surface area contributed by atoms with Crippen LogP contribution in [0.5, 0.6) is 0 Å². The minimum atomic E-state index is -1.42. The first-order valence-corrected chi connectivity index (χ1v) is 11.5. The van der Waals surface area contributed by atoms with Gasteiger partial charge in [-0.1, -0.05) is 116 Å². The van der Waals surface area contributed by atoms with E-state index < -0.39 is 16.9 Å². The number of hydrogen-bond acceptors (Lipinski definition) is 3. The quantitative estimate of drug-likeness (QED) is 0.129. The average Bonchev–Trinajstić information content (AvgIpc) is 2.63. The zero-order valence-corrected chi connectivity index (χ0v) is 17.6. The normalized spacial score (nSPS) is 12.2. The fraction of sp³-hybridized carbons (Fsp3) is 0.955. The van der Waals surface area contributed by atoms with Crippen molar-refractivity contribution in [2.24, 2.45) is 0 Å². The van der Waals surface area contributed by atoms with E-state index in [-0.39, 0.29) is 6.42 Å². The van der Waals surface area contributed by atoms with Crippen molar-refractivity contribution in [3.8, 4) is 0 Å². The second kappa shape index (κ2) is 19.6. The average molecular weight is 386 g/mol. The Balaban J connectivity index is 3.19. The zero-order valence-electron chi connectivity index (χ0n) is 17.6. The van der Waals surface area contributed by atoms with Crippen LogP contribution >= 0.6 is 0 Å². The van der Waals surface area contributed by atoms with E-state index in [2.05, 4.69) is 6.92 Å². The third kappa shape index (κ3) is 18.0. The van der Waals surface area contributed by atoms with Crippen molar-refractivity contribution in [1.29, 1.82) is 0 Å². The first-order chi connectivity index (χ1) is 13.1. The molecule has 5 heteroatoms. The minimum absolute atomic E-state index is 0.154. The number of aliphatic carboxylic acids is 1. The molecular formula is C22H43NO4. The minimum Gasteiger partial charge on any atom is -0.476 e. The Hall–Kier alpha value is -1.13. The van der Waals surface area contributed by atoms with Crippen LogP contribution in [0.3, 0.4) is 0 Å². The maximum absolute atomic E-state index is 10.7. The lowest BCUT2D eigenvalue weighted by Gasteiger charge is -2.05. The molecule has 1 atom stereocenters. The van der Waals surface area contributed by atoms with Gasteiger partial charge in [0.15, 0.2) is 0 Å². The summed E-state index contributed by atoms with van der Waals surface area (Å²) < 4.78 is 0. The van der Waals surface area contributed by atoms with Gasteiger partial charge in [-0.3, -0.25) is 10.1 Å². The summed E-state index contributed by atoms with van der Waals surface area (Å²) in [5.41, 5.74) is 0. The molecule has 27 heavy (non-hydrogen) atoms. The Morgan fingerprint density at radius 1 is 0.704 bits per heavy atom. The summed E-state index contributed by atoms with van der Waals surface area (Å²) in [5, 5.41) is 19.3. The Kier molecular flexibility index (Phi) is 18.8.